The van der Waals surface area contributed by atoms with Crippen LogP contribution in [0, 0.1) is 0 Å². The first-order chi connectivity index (χ1) is 36.5. The van der Waals surface area contributed by atoms with E-state index in [4.69, 9.17) is 14.2 Å². The third kappa shape index (κ3) is 60.2. The van der Waals surface area contributed by atoms with Crippen molar-refractivity contribution in [3.05, 3.63) is 48.6 Å². The summed E-state index contributed by atoms with van der Waals surface area (Å²) < 4.78 is 17.0. The van der Waals surface area contributed by atoms with E-state index in [2.05, 4.69) is 69.4 Å². The quantitative estimate of drug-likeness (QED) is 0.0261. The van der Waals surface area contributed by atoms with Gasteiger partial charge in [0.25, 0.3) is 0 Å². The van der Waals surface area contributed by atoms with Crippen LogP contribution in [0.5, 0.6) is 0 Å². The minimum absolute atomic E-state index is 0.0684. The van der Waals surface area contributed by atoms with Crippen LogP contribution < -0.4 is 0 Å². The van der Waals surface area contributed by atoms with Crippen molar-refractivity contribution in [1.82, 2.24) is 0 Å². The van der Waals surface area contributed by atoms with Crippen molar-refractivity contribution in [1.29, 1.82) is 0 Å². The van der Waals surface area contributed by atoms with E-state index in [0.29, 0.717) is 19.3 Å². The Morgan fingerprint density at radius 1 is 0.284 bits per heavy atom. The highest BCUT2D eigenvalue weighted by Crippen LogP contribution is 2.18. The first-order valence-corrected chi connectivity index (χ1v) is 32.6. The standard InChI is InChI=1S/C68H124O6/c1-4-7-10-13-16-19-22-25-28-30-32-33-34-35-36-38-40-43-46-49-52-55-58-61-67(70)73-64-65(63-72-66(69)60-57-54-51-48-45-42-39-27-24-21-18-15-12-9-6-3)74-68(71)62-59-56-53-50-47-44-41-37-31-29-26-23-20-17-14-11-8-5-2/h7,10,16,19,25,28,32-33,65H,4-6,8-9,11-15,17-18,20-24,26-27,29-31,34-64H2,1-3H3/b10-7-,19-16-,28-25-,33-32-. The fraction of sp³-hybridized carbons (Fsp3) is 0.838. The third-order valence-corrected chi connectivity index (χ3v) is 14.6. The smallest absolute Gasteiger partial charge is 0.306 e. The van der Waals surface area contributed by atoms with Crippen molar-refractivity contribution in [2.75, 3.05) is 13.2 Å². The zero-order valence-corrected chi connectivity index (χ0v) is 49.6. The first-order valence-electron chi connectivity index (χ1n) is 32.6. The predicted octanol–water partition coefficient (Wildman–Crippen LogP) is 22.2. The average Bonchev–Trinajstić information content (AvgIpc) is 3.40. The molecule has 0 aromatic heterocycles. The molecule has 0 saturated carbocycles. The minimum Gasteiger partial charge on any atom is -0.462 e. The predicted molar refractivity (Wildman–Crippen MR) is 321 cm³/mol. The number of carbonyl (C=O) groups excluding carboxylic acids is 3. The maximum atomic E-state index is 12.9. The molecule has 0 heterocycles. The molecule has 0 amide bonds. The molecule has 0 aliphatic rings. The van der Waals surface area contributed by atoms with Gasteiger partial charge in [0.1, 0.15) is 13.2 Å². The second-order valence-electron chi connectivity index (χ2n) is 22.0. The summed E-state index contributed by atoms with van der Waals surface area (Å²) in [5, 5.41) is 0. The van der Waals surface area contributed by atoms with Gasteiger partial charge in [-0.25, -0.2) is 0 Å². The highest BCUT2D eigenvalue weighted by molar-refractivity contribution is 5.71. The van der Waals surface area contributed by atoms with Crippen molar-refractivity contribution >= 4 is 17.9 Å². The van der Waals surface area contributed by atoms with Gasteiger partial charge in [0.2, 0.25) is 0 Å². The molecule has 0 fully saturated rings. The molecule has 0 N–H and O–H groups in total. The highest BCUT2D eigenvalue weighted by atomic mass is 16.6. The fourth-order valence-electron chi connectivity index (χ4n) is 9.73. The molecule has 6 heteroatoms. The number of ether oxygens (including phenoxy) is 3. The van der Waals surface area contributed by atoms with E-state index in [1.54, 1.807) is 0 Å². The number of hydrogen-bond acceptors (Lipinski definition) is 6. The summed E-state index contributed by atoms with van der Waals surface area (Å²) in [4.78, 5) is 38.3. The molecule has 0 rings (SSSR count). The maximum absolute atomic E-state index is 12.9. The zero-order valence-electron chi connectivity index (χ0n) is 49.6. The Morgan fingerprint density at radius 3 is 0.824 bits per heavy atom. The van der Waals surface area contributed by atoms with E-state index in [1.165, 1.54) is 225 Å². The summed E-state index contributed by atoms with van der Waals surface area (Å²) in [6.07, 6.45) is 78.3. The molecule has 0 bridgehead atoms. The molecule has 0 radical (unpaired) electrons. The molecule has 0 aliphatic heterocycles. The van der Waals surface area contributed by atoms with E-state index >= 15 is 0 Å². The fourth-order valence-corrected chi connectivity index (χ4v) is 9.73. The Labute approximate surface area is 460 Å². The Morgan fingerprint density at radius 2 is 0.527 bits per heavy atom. The molecular weight excluding hydrogens is 913 g/mol. The summed E-state index contributed by atoms with van der Waals surface area (Å²) in [7, 11) is 0. The Hall–Kier alpha value is -2.63. The van der Waals surface area contributed by atoms with Gasteiger partial charge in [-0.15, -0.1) is 0 Å². The summed E-state index contributed by atoms with van der Waals surface area (Å²) in [6, 6.07) is 0. The molecule has 432 valence electrons. The van der Waals surface area contributed by atoms with Crippen LogP contribution in [-0.2, 0) is 28.6 Å². The Kier molecular flexibility index (Phi) is 60.7. The maximum Gasteiger partial charge on any atom is 0.306 e. The van der Waals surface area contributed by atoms with Gasteiger partial charge in [-0.05, 0) is 57.8 Å². The van der Waals surface area contributed by atoms with E-state index in [1.807, 2.05) is 0 Å². The average molecular weight is 1040 g/mol. The van der Waals surface area contributed by atoms with Crippen LogP contribution in [0.3, 0.4) is 0 Å². The largest absolute Gasteiger partial charge is 0.462 e. The van der Waals surface area contributed by atoms with Crippen LogP contribution >= 0.6 is 0 Å². The number of esters is 3. The van der Waals surface area contributed by atoms with E-state index in [-0.39, 0.29) is 31.1 Å². The molecule has 0 aliphatic carbocycles. The van der Waals surface area contributed by atoms with Gasteiger partial charge < -0.3 is 14.2 Å². The molecule has 1 unspecified atom stereocenters. The van der Waals surface area contributed by atoms with Crippen LogP contribution in [-0.4, -0.2) is 37.2 Å². The van der Waals surface area contributed by atoms with Crippen LogP contribution in [0.15, 0.2) is 48.6 Å². The molecule has 6 nitrogen and oxygen atoms in total. The highest BCUT2D eigenvalue weighted by Gasteiger charge is 2.19. The van der Waals surface area contributed by atoms with Gasteiger partial charge in [0.05, 0.1) is 0 Å². The monoisotopic (exact) mass is 1040 g/mol. The second-order valence-corrected chi connectivity index (χ2v) is 22.0. The molecule has 0 aromatic rings. The van der Waals surface area contributed by atoms with Gasteiger partial charge in [-0.1, -0.05) is 320 Å². The summed E-state index contributed by atoms with van der Waals surface area (Å²) in [6.45, 7) is 6.59. The summed E-state index contributed by atoms with van der Waals surface area (Å²) in [5.41, 5.74) is 0. The third-order valence-electron chi connectivity index (χ3n) is 14.6. The lowest BCUT2D eigenvalue weighted by Crippen LogP contribution is -2.30. The normalized spacial score (nSPS) is 12.3. The molecule has 74 heavy (non-hydrogen) atoms. The molecule has 0 spiro atoms. The van der Waals surface area contributed by atoms with Gasteiger partial charge in [0.15, 0.2) is 6.10 Å². The number of carbonyl (C=O) groups is 3. The topological polar surface area (TPSA) is 78.9 Å². The van der Waals surface area contributed by atoms with Crippen LogP contribution in [0.2, 0.25) is 0 Å². The van der Waals surface area contributed by atoms with E-state index < -0.39 is 6.10 Å². The summed E-state index contributed by atoms with van der Waals surface area (Å²) >= 11 is 0. The number of allylic oxidation sites excluding steroid dienone is 8. The van der Waals surface area contributed by atoms with Crippen molar-refractivity contribution < 1.29 is 28.6 Å². The first kappa shape index (κ1) is 71.4. The zero-order chi connectivity index (χ0) is 53.6. The van der Waals surface area contributed by atoms with Crippen LogP contribution in [0.1, 0.15) is 348 Å². The van der Waals surface area contributed by atoms with Gasteiger partial charge in [0, 0.05) is 19.3 Å². The minimum atomic E-state index is -0.772. The number of hydrogen-bond donors (Lipinski definition) is 0. The SMILES string of the molecule is CC/C=C\C/C=C\C/C=C\C/C=C\CCCCCCCCCCCCC(=O)OCC(COC(=O)CCCCCCCCCCCCCCCCC)OC(=O)CCCCCCCCCCCCCCCCCCCC. The van der Waals surface area contributed by atoms with Crippen LogP contribution in [0.4, 0.5) is 0 Å². The second kappa shape index (κ2) is 62.9. The van der Waals surface area contributed by atoms with Gasteiger partial charge >= 0.3 is 17.9 Å². The Bertz CT molecular complexity index is 1280. The van der Waals surface area contributed by atoms with Gasteiger partial charge in [-0.2, -0.15) is 0 Å². The van der Waals surface area contributed by atoms with E-state index in [0.717, 1.165) is 83.5 Å². The lowest BCUT2D eigenvalue weighted by molar-refractivity contribution is -0.167. The lowest BCUT2D eigenvalue weighted by Gasteiger charge is -2.18. The number of unbranched alkanes of at least 4 members (excludes halogenated alkanes) is 41. The summed E-state index contributed by atoms with van der Waals surface area (Å²) in [5.74, 6) is -0.847. The number of rotatable bonds is 60. The molecule has 0 saturated heterocycles. The molecule has 1 atom stereocenters. The lowest BCUT2D eigenvalue weighted by atomic mass is 10.0. The van der Waals surface area contributed by atoms with Gasteiger partial charge in [-0.3, -0.25) is 14.4 Å². The van der Waals surface area contributed by atoms with Crippen molar-refractivity contribution in [3.8, 4) is 0 Å². The van der Waals surface area contributed by atoms with Crippen molar-refractivity contribution in [3.63, 3.8) is 0 Å². The Balaban J connectivity index is 4.30. The van der Waals surface area contributed by atoms with Crippen molar-refractivity contribution in [2.24, 2.45) is 0 Å². The van der Waals surface area contributed by atoms with Crippen molar-refractivity contribution in [2.45, 2.75) is 354 Å². The van der Waals surface area contributed by atoms with Crippen LogP contribution in [0.25, 0.3) is 0 Å². The van der Waals surface area contributed by atoms with E-state index in [9.17, 15) is 14.4 Å². The molecule has 0 aromatic carbocycles. The molecular formula is C68H124O6.